The van der Waals surface area contributed by atoms with Crippen molar-refractivity contribution in [2.45, 2.75) is 20.5 Å². The number of aryl methyl sites for hydroxylation is 1. The second-order valence-electron chi connectivity index (χ2n) is 7.63. The van der Waals surface area contributed by atoms with Crippen LogP contribution in [0.4, 0.5) is 5.69 Å². The van der Waals surface area contributed by atoms with Gasteiger partial charge in [-0.2, -0.15) is 0 Å². The lowest BCUT2D eigenvalue weighted by atomic mass is 10.1. The van der Waals surface area contributed by atoms with E-state index in [1.165, 1.54) is 12.1 Å². The minimum atomic E-state index is -0.559. The first-order chi connectivity index (χ1) is 16.9. The number of benzene rings is 3. The van der Waals surface area contributed by atoms with Crippen molar-refractivity contribution in [2.24, 2.45) is 4.99 Å². The molecule has 0 bridgehead atoms. The van der Waals surface area contributed by atoms with Gasteiger partial charge in [-0.25, -0.2) is 9.79 Å². The van der Waals surface area contributed by atoms with Crippen molar-refractivity contribution in [2.75, 3.05) is 6.61 Å². The van der Waals surface area contributed by atoms with Gasteiger partial charge in [-0.3, -0.25) is 10.1 Å². The molecule has 1 heterocycles. The first-order valence-electron chi connectivity index (χ1n) is 10.8. The number of hydrogen-bond donors (Lipinski definition) is 0. The summed E-state index contributed by atoms with van der Waals surface area (Å²) in [5.41, 5.74) is 3.14. The SMILES string of the molecule is CCOc1cc(/C=C2\N=C(c3ccccc3C)OC2=O)cc(Cl)c1OCc1ccc([N+](=O)[O-])cc1. The van der Waals surface area contributed by atoms with Crippen LogP contribution in [-0.2, 0) is 16.1 Å². The highest BCUT2D eigenvalue weighted by Gasteiger charge is 2.25. The lowest BCUT2D eigenvalue weighted by molar-refractivity contribution is -0.384. The standard InChI is InChI=1S/C26H21ClN2O6/c1-3-33-23-14-18(13-22-26(30)35-25(28-22)20-7-5-4-6-16(20)2)12-21(27)24(23)34-15-17-8-10-19(11-9-17)29(31)32/h4-14H,3,15H2,1-2H3/b22-13-. The van der Waals surface area contributed by atoms with E-state index in [-0.39, 0.29) is 28.9 Å². The summed E-state index contributed by atoms with van der Waals surface area (Å²) < 4.78 is 17.0. The average molecular weight is 493 g/mol. The van der Waals surface area contributed by atoms with Gasteiger partial charge in [0.1, 0.15) is 6.61 Å². The number of rotatable bonds is 8. The topological polar surface area (TPSA) is 100 Å². The van der Waals surface area contributed by atoms with Crippen LogP contribution in [0.15, 0.2) is 71.4 Å². The Morgan fingerprint density at radius 3 is 2.54 bits per heavy atom. The Morgan fingerprint density at radius 1 is 1.11 bits per heavy atom. The van der Waals surface area contributed by atoms with Gasteiger partial charge in [0, 0.05) is 17.7 Å². The fourth-order valence-electron chi connectivity index (χ4n) is 3.44. The van der Waals surface area contributed by atoms with Crippen molar-refractivity contribution in [1.82, 2.24) is 0 Å². The third-order valence-corrected chi connectivity index (χ3v) is 5.44. The zero-order valence-corrected chi connectivity index (χ0v) is 19.7. The van der Waals surface area contributed by atoms with Crippen LogP contribution in [0, 0.1) is 17.0 Å². The Morgan fingerprint density at radius 2 is 1.86 bits per heavy atom. The normalized spacial score (nSPS) is 14.0. The van der Waals surface area contributed by atoms with Gasteiger partial charge in [0.15, 0.2) is 17.2 Å². The van der Waals surface area contributed by atoms with Gasteiger partial charge in [-0.15, -0.1) is 0 Å². The number of esters is 1. The molecule has 0 amide bonds. The molecule has 178 valence electrons. The molecule has 0 saturated carbocycles. The van der Waals surface area contributed by atoms with Crippen molar-refractivity contribution >= 4 is 35.2 Å². The summed E-state index contributed by atoms with van der Waals surface area (Å²) in [5, 5.41) is 11.1. The van der Waals surface area contributed by atoms with Crippen LogP contribution in [0.25, 0.3) is 6.08 Å². The number of non-ortho nitro benzene ring substituents is 1. The number of ether oxygens (including phenoxy) is 3. The van der Waals surface area contributed by atoms with Crippen molar-refractivity contribution in [1.29, 1.82) is 0 Å². The molecule has 4 rings (SSSR count). The number of cyclic esters (lactones) is 1. The molecule has 3 aromatic rings. The van der Waals surface area contributed by atoms with Gasteiger partial charge in [0.2, 0.25) is 5.90 Å². The molecular formula is C26H21ClN2O6. The zero-order valence-electron chi connectivity index (χ0n) is 19.0. The molecule has 0 fully saturated rings. The molecule has 0 aliphatic carbocycles. The summed E-state index contributed by atoms with van der Waals surface area (Å²) in [6.45, 7) is 4.24. The van der Waals surface area contributed by atoms with Crippen molar-refractivity contribution in [3.8, 4) is 11.5 Å². The summed E-state index contributed by atoms with van der Waals surface area (Å²) >= 11 is 6.49. The van der Waals surface area contributed by atoms with E-state index in [1.54, 1.807) is 30.3 Å². The van der Waals surface area contributed by atoms with E-state index in [9.17, 15) is 14.9 Å². The summed E-state index contributed by atoms with van der Waals surface area (Å²) in [5.74, 6) is 0.407. The fourth-order valence-corrected chi connectivity index (χ4v) is 3.71. The van der Waals surface area contributed by atoms with E-state index in [4.69, 9.17) is 25.8 Å². The lowest BCUT2D eigenvalue weighted by Gasteiger charge is -2.14. The largest absolute Gasteiger partial charge is 0.490 e. The number of aliphatic imine (C=N–C) groups is 1. The van der Waals surface area contributed by atoms with E-state index in [1.807, 2.05) is 38.1 Å². The van der Waals surface area contributed by atoms with Crippen LogP contribution in [0.1, 0.15) is 29.2 Å². The number of nitrogens with zero attached hydrogens (tertiary/aromatic N) is 2. The minimum Gasteiger partial charge on any atom is -0.490 e. The van der Waals surface area contributed by atoms with Crippen molar-refractivity contribution in [3.05, 3.63) is 104 Å². The van der Waals surface area contributed by atoms with E-state index in [2.05, 4.69) is 4.99 Å². The molecule has 0 atom stereocenters. The van der Waals surface area contributed by atoms with E-state index >= 15 is 0 Å². The second-order valence-corrected chi connectivity index (χ2v) is 8.03. The molecule has 8 nitrogen and oxygen atoms in total. The first kappa shape index (κ1) is 24.0. The van der Waals surface area contributed by atoms with Gasteiger partial charge in [0.05, 0.1) is 16.6 Å². The van der Waals surface area contributed by atoms with Crippen LogP contribution in [0.2, 0.25) is 5.02 Å². The van der Waals surface area contributed by atoms with Crippen LogP contribution in [0.5, 0.6) is 11.5 Å². The number of nitro groups is 1. The predicted molar refractivity (Wildman–Crippen MR) is 132 cm³/mol. The molecule has 0 spiro atoms. The third kappa shape index (κ3) is 5.50. The Balaban J connectivity index is 1.59. The van der Waals surface area contributed by atoms with E-state index < -0.39 is 10.9 Å². The molecular weight excluding hydrogens is 472 g/mol. The highest BCUT2D eigenvalue weighted by Crippen LogP contribution is 2.38. The van der Waals surface area contributed by atoms with Gasteiger partial charge in [0.25, 0.3) is 5.69 Å². The monoisotopic (exact) mass is 492 g/mol. The molecule has 0 aromatic heterocycles. The Hall–Kier alpha value is -4.17. The Kier molecular flexibility index (Phi) is 7.12. The molecule has 0 radical (unpaired) electrons. The quantitative estimate of drug-likeness (QED) is 0.168. The van der Waals surface area contributed by atoms with Crippen LogP contribution in [0.3, 0.4) is 0 Å². The van der Waals surface area contributed by atoms with Crippen LogP contribution in [-0.4, -0.2) is 23.4 Å². The Bertz CT molecular complexity index is 1350. The maximum atomic E-state index is 12.4. The number of nitro benzene ring substituents is 1. The van der Waals surface area contributed by atoms with Crippen molar-refractivity contribution < 1.29 is 23.9 Å². The number of carbonyl (C=O) groups excluding carboxylic acids is 1. The molecule has 35 heavy (non-hydrogen) atoms. The maximum absolute atomic E-state index is 12.4. The molecule has 0 N–H and O–H groups in total. The van der Waals surface area contributed by atoms with Gasteiger partial charge < -0.3 is 14.2 Å². The predicted octanol–water partition coefficient (Wildman–Crippen LogP) is 5.88. The zero-order chi connectivity index (χ0) is 24.9. The first-order valence-corrected chi connectivity index (χ1v) is 11.1. The number of halogens is 1. The van der Waals surface area contributed by atoms with Gasteiger partial charge >= 0.3 is 5.97 Å². The Labute approximate surface area is 206 Å². The van der Waals surface area contributed by atoms with Crippen LogP contribution < -0.4 is 9.47 Å². The molecule has 0 unspecified atom stereocenters. The lowest BCUT2D eigenvalue weighted by Crippen LogP contribution is -2.06. The molecule has 0 saturated heterocycles. The average Bonchev–Trinajstić information content (AvgIpc) is 3.19. The second kappa shape index (κ2) is 10.4. The molecule has 1 aliphatic rings. The molecule has 1 aliphatic heterocycles. The molecule has 3 aromatic carbocycles. The maximum Gasteiger partial charge on any atom is 0.363 e. The summed E-state index contributed by atoms with van der Waals surface area (Å²) in [6.07, 6.45) is 1.57. The summed E-state index contributed by atoms with van der Waals surface area (Å²) in [4.78, 5) is 27.2. The number of carbonyl (C=O) groups is 1. The smallest absolute Gasteiger partial charge is 0.363 e. The third-order valence-electron chi connectivity index (χ3n) is 5.16. The van der Waals surface area contributed by atoms with Gasteiger partial charge in [-0.1, -0.05) is 29.8 Å². The molecule has 9 heteroatoms. The van der Waals surface area contributed by atoms with Crippen LogP contribution >= 0.6 is 11.6 Å². The summed E-state index contributed by atoms with van der Waals surface area (Å²) in [6, 6.07) is 16.9. The van der Waals surface area contributed by atoms with Gasteiger partial charge in [-0.05, 0) is 66.9 Å². The fraction of sp³-hybridized carbons (Fsp3) is 0.154. The minimum absolute atomic E-state index is 0.00198. The highest BCUT2D eigenvalue weighted by molar-refractivity contribution is 6.32. The van der Waals surface area contributed by atoms with E-state index in [0.717, 1.165) is 16.7 Å². The van der Waals surface area contributed by atoms with Crippen molar-refractivity contribution in [3.63, 3.8) is 0 Å². The summed E-state index contributed by atoms with van der Waals surface area (Å²) in [7, 11) is 0. The number of hydrogen-bond acceptors (Lipinski definition) is 7. The van der Waals surface area contributed by atoms with E-state index in [0.29, 0.717) is 23.7 Å². The highest BCUT2D eigenvalue weighted by atomic mass is 35.5.